The molecule has 2 atom stereocenters. The van der Waals surface area contributed by atoms with Crippen molar-refractivity contribution < 1.29 is 24.1 Å². The highest BCUT2D eigenvalue weighted by atomic mass is 16.5. The molecule has 0 aromatic heterocycles. The van der Waals surface area contributed by atoms with E-state index in [1.807, 2.05) is 84.9 Å². The van der Waals surface area contributed by atoms with E-state index in [0.717, 1.165) is 16.7 Å². The van der Waals surface area contributed by atoms with Crippen LogP contribution in [0.15, 0.2) is 89.9 Å². The molecule has 3 aromatic rings. The fourth-order valence-corrected chi connectivity index (χ4v) is 4.39. The van der Waals surface area contributed by atoms with Crippen molar-refractivity contribution in [2.24, 2.45) is 4.99 Å². The summed E-state index contributed by atoms with van der Waals surface area (Å²) in [6.45, 7) is 1.56. The molecule has 1 amide bonds. The SMILES string of the molecule is COCCCNC(=O)[C@@]1(Cc2ccccc2)N=C(c2ccc(OCCCO)cc2)O[C@H]1c1ccccc1. The minimum Gasteiger partial charge on any atom is -0.494 e. The topological polar surface area (TPSA) is 89.4 Å². The van der Waals surface area contributed by atoms with E-state index in [1.165, 1.54) is 0 Å². The lowest BCUT2D eigenvalue weighted by atomic mass is 9.82. The van der Waals surface area contributed by atoms with Gasteiger partial charge in [0.25, 0.3) is 5.91 Å². The van der Waals surface area contributed by atoms with Gasteiger partial charge in [0.2, 0.25) is 5.90 Å². The second kappa shape index (κ2) is 13.0. The quantitative estimate of drug-likeness (QED) is 0.344. The standard InChI is InChI=1S/C30H34N2O5/c1-35-20-8-18-31-29(34)30(22-23-10-4-2-5-11-23)27(24-12-6-3-7-13-24)37-28(32-30)25-14-16-26(17-15-25)36-21-9-19-33/h2-7,10-17,27,33H,8-9,18-22H2,1H3,(H,31,34)/t27-,30-/m0/s1. The Balaban J connectivity index is 1.70. The van der Waals surface area contributed by atoms with Crippen molar-refractivity contribution in [2.75, 3.05) is 33.5 Å². The maximum absolute atomic E-state index is 13.9. The minimum absolute atomic E-state index is 0.0840. The third-order valence-electron chi connectivity index (χ3n) is 6.26. The van der Waals surface area contributed by atoms with Gasteiger partial charge in [0.1, 0.15) is 5.75 Å². The Hall–Kier alpha value is -3.68. The lowest BCUT2D eigenvalue weighted by Crippen LogP contribution is -2.50. The third-order valence-corrected chi connectivity index (χ3v) is 6.26. The van der Waals surface area contributed by atoms with Gasteiger partial charge in [0.05, 0.1) is 6.61 Å². The largest absolute Gasteiger partial charge is 0.494 e. The van der Waals surface area contributed by atoms with Crippen LogP contribution in [-0.4, -0.2) is 55.9 Å². The fourth-order valence-electron chi connectivity index (χ4n) is 4.39. The van der Waals surface area contributed by atoms with E-state index >= 15 is 0 Å². The normalized spacial score (nSPS) is 18.6. The molecule has 0 fully saturated rings. The van der Waals surface area contributed by atoms with Crippen LogP contribution < -0.4 is 10.1 Å². The highest BCUT2D eigenvalue weighted by molar-refractivity contribution is 6.01. The number of amides is 1. The zero-order chi connectivity index (χ0) is 25.9. The van der Waals surface area contributed by atoms with Gasteiger partial charge in [0.15, 0.2) is 11.6 Å². The number of carbonyl (C=O) groups is 1. The van der Waals surface area contributed by atoms with Gasteiger partial charge in [-0.15, -0.1) is 0 Å². The second-order valence-corrected chi connectivity index (χ2v) is 8.96. The van der Waals surface area contributed by atoms with E-state index in [4.69, 9.17) is 24.3 Å². The van der Waals surface area contributed by atoms with Gasteiger partial charge in [-0.05, 0) is 41.8 Å². The summed E-state index contributed by atoms with van der Waals surface area (Å²) < 4.78 is 17.3. The first-order valence-corrected chi connectivity index (χ1v) is 12.6. The van der Waals surface area contributed by atoms with Crippen molar-refractivity contribution in [1.82, 2.24) is 5.32 Å². The van der Waals surface area contributed by atoms with E-state index < -0.39 is 11.6 Å². The molecule has 0 bridgehead atoms. The third kappa shape index (κ3) is 6.56. The van der Waals surface area contributed by atoms with Crippen LogP contribution in [0, 0.1) is 0 Å². The molecule has 37 heavy (non-hydrogen) atoms. The first-order chi connectivity index (χ1) is 18.2. The van der Waals surface area contributed by atoms with Crippen molar-refractivity contribution in [3.63, 3.8) is 0 Å². The number of hydrogen-bond donors (Lipinski definition) is 2. The van der Waals surface area contributed by atoms with Crippen LogP contribution >= 0.6 is 0 Å². The van der Waals surface area contributed by atoms with Crippen LogP contribution in [0.25, 0.3) is 0 Å². The van der Waals surface area contributed by atoms with Gasteiger partial charge in [-0.3, -0.25) is 4.79 Å². The van der Waals surface area contributed by atoms with Gasteiger partial charge >= 0.3 is 0 Å². The number of nitrogens with zero attached hydrogens (tertiary/aromatic N) is 1. The van der Waals surface area contributed by atoms with Crippen LogP contribution in [0.3, 0.4) is 0 Å². The number of aliphatic hydroxyl groups excluding tert-OH is 1. The molecule has 0 radical (unpaired) electrons. The van der Waals surface area contributed by atoms with E-state index in [1.54, 1.807) is 7.11 Å². The molecule has 7 nitrogen and oxygen atoms in total. The number of aliphatic hydroxyl groups is 1. The van der Waals surface area contributed by atoms with Crippen molar-refractivity contribution in [2.45, 2.75) is 30.9 Å². The molecule has 1 aliphatic rings. The van der Waals surface area contributed by atoms with Gasteiger partial charge in [0, 0.05) is 45.3 Å². The lowest BCUT2D eigenvalue weighted by Gasteiger charge is -2.31. The van der Waals surface area contributed by atoms with Gasteiger partial charge in [-0.1, -0.05) is 60.7 Å². The Labute approximate surface area is 218 Å². The summed E-state index contributed by atoms with van der Waals surface area (Å²) >= 11 is 0. The number of carbonyl (C=O) groups excluding carboxylic acids is 1. The summed E-state index contributed by atoms with van der Waals surface area (Å²) in [7, 11) is 1.65. The average Bonchev–Trinajstić information content (AvgIpc) is 3.33. The smallest absolute Gasteiger partial charge is 0.252 e. The summed E-state index contributed by atoms with van der Waals surface area (Å²) in [5.74, 6) is 0.931. The molecule has 1 aliphatic heterocycles. The number of nitrogens with one attached hydrogen (secondary N) is 1. The molecule has 194 valence electrons. The second-order valence-electron chi connectivity index (χ2n) is 8.96. The summed E-state index contributed by atoms with van der Waals surface area (Å²) in [6.07, 6.45) is 1.05. The summed E-state index contributed by atoms with van der Waals surface area (Å²) in [5.41, 5.74) is 1.45. The molecule has 0 unspecified atom stereocenters. The highest BCUT2D eigenvalue weighted by Gasteiger charge is 2.53. The maximum Gasteiger partial charge on any atom is 0.252 e. The first-order valence-electron chi connectivity index (χ1n) is 12.6. The molecule has 0 saturated carbocycles. The predicted octanol–water partition coefficient (Wildman–Crippen LogP) is 4.10. The van der Waals surface area contributed by atoms with E-state index in [2.05, 4.69) is 5.32 Å². The number of rotatable bonds is 13. The molecule has 4 rings (SSSR count). The number of methoxy groups -OCH3 is 1. The van der Waals surface area contributed by atoms with Crippen LogP contribution in [-0.2, 0) is 20.7 Å². The Morgan fingerprint density at radius 2 is 1.68 bits per heavy atom. The number of hydrogen-bond acceptors (Lipinski definition) is 6. The monoisotopic (exact) mass is 502 g/mol. The van der Waals surface area contributed by atoms with Crippen LogP contribution in [0.1, 0.15) is 35.6 Å². The lowest BCUT2D eigenvalue weighted by molar-refractivity contribution is -0.129. The van der Waals surface area contributed by atoms with Crippen molar-refractivity contribution in [1.29, 1.82) is 0 Å². The van der Waals surface area contributed by atoms with E-state index in [0.29, 0.717) is 50.7 Å². The van der Waals surface area contributed by atoms with Crippen LogP contribution in [0.5, 0.6) is 5.75 Å². The van der Waals surface area contributed by atoms with Crippen molar-refractivity contribution in [3.8, 4) is 5.75 Å². The summed E-state index contributed by atoms with van der Waals surface area (Å²) in [6, 6.07) is 27.1. The Morgan fingerprint density at radius 3 is 2.35 bits per heavy atom. The van der Waals surface area contributed by atoms with Gasteiger partial charge in [-0.2, -0.15) is 0 Å². The van der Waals surface area contributed by atoms with E-state index in [-0.39, 0.29) is 12.5 Å². The molecule has 0 aliphatic carbocycles. The molecule has 1 heterocycles. The van der Waals surface area contributed by atoms with Gasteiger partial charge in [-0.25, -0.2) is 4.99 Å². The van der Waals surface area contributed by atoms with Gasteiger partial charge < -0.3 is 24.6 Å². The average molecular weight is 503 g/mol. The van der Waals surface area contributed by atoms with Crippen LogP contribution in [0.4, 0.5) is 0 Å². The molecule has 3 aromatic carbocycles. The predicted molar refractivity (Wildman–Crippen MR) is 143 cm³/mol. The highest BCUT2D eigenvalue weighted by Crippen LogP contribution is 2.42. The maximum atomic E-state index is 13.9. The zero-order valence-electron chi connectivity index (χ0n) is 21.1. The van der Waals surface area contributed by atoms with Crippen molar-refractivity contribution >= 4 is 11.8 Å². The molecule has 2 N–H and O–H groups in total. The molecule has 0 saturated heterocycles. The molecular formula is C30H34N2O5. The Kier molecular flexibility index (Phi) is 9.29. The summed E-state index contributed by atoms with van der Waals surface area (Å²) in [5, 5.41) is 12.1. The number of ether oxygens (including phenoxy) is 3. The molecule has 0 spiro atoms. The Bertz CT molecular complexity index is 1150. The number of aliphatic imine (C=N–C) groups is 1. The molecule has 7 heteroatoms. The molecular weight excluding hydrogens is 468 g/mol. The minimum atomic E-state index is -1.19. The number of benzene rings is 3. The van der Waals surface area contributed by atoms with Crippen molar-refractivity contribution in [3.05, 3.63) is 102 Å². The van der Waals surface area contributed by atoms with Crippen LogP contribution in [0.2, 0.25) is 0 Å². The zero-order valence-corrected chi connectivity index (χ0v) is 21.1. The Morgan fingerprint density at radius 1 is 0.973 bits per heavy atom. The summed E-state index contributed by atoms with van der Waals surface area (Å²) in [4.78, 5) is 18.9. The van der Waals surface area contributed by atoms with E-state index in [9.17, 15) is 4.79 Å². The fraction of sp³-hybridized carbons (Fsp3) is 0.333. The first kappa shape index (κ1) is 26.4.